The molecule has 5 aromatic rings. The number of aromatic amines is 1. The maximum absolute atomic E-state index is 15.4. The molecule has 176 valence electrons. The lowest BCUT2D eigenvalue weighted by molar-refractivity contribution is 0.554. The van der Waals surface area contributed by atoms with Crippen molar-refractivity contribution in [3.63, 3.8) is 0 Å². The molecule has 5 nitrogen and oxygen atoms in total. The molecule has 0 spiro atoms. The second-order valence-electron chi connectivity index (χ2n) is 7.66. The fraction of sp³-hybridized carbons (Fsp3) is 0. The normalized spacial score (nSPS) is 11.7. The van der Waals surface area contributed by atoms with Crippen molar-refractivity contribution in [2.75, 3.05) is 4.72 Å². The van der Waals surface area contributed by atoms with E-state index >= 15 is 4.39 Å². The number of nitrogens with one attached hydrogen (secondary N) is 2. The van der Waals surface area contributed by atoms with Gasteiger partial charge in [-0.15, -0.1) is 0 Å². The van der Waals surface area contributed by atoms with Crippen LogP contribution in [0.2, 0.25) is 0 Å². The van der Waals surface area contributed by atoms with E-state index in [0.717, 1.165) is 29.1 Å². The van der Waals surface area contributed by atoms with E-state index in [1.54, 1.807) is 6.07 Å². The average molecular weight is 497 g/mol. The van der Waals surface area contributed by atoms with E-state index in [0.29, 0.717) is 23.3 Å². The number of nitrogens with zero attached hydrogens (tertiary/aromatic N) is 1. The summed E-state index contributed by atoms with van der Waals surface area (Å²) in [5.41, 5.74) is 1.01. The van der Waals surface area contributed by atoms with Crippen molar-refractivity contribution >= 4 is 26.6 Å². The first-order chi connectivity index (χ1) is 16.7. The van der Waals surface area contributed by atoms with Gasteiger partial charge in [-0.05, 0) is 48.0 Å². The minimum absolute atomic E-state index is 0.119. The number of hydrogen-bond acceptors (Lipinski definition) is 3. The quantitative estimate of drug-likeness (QED) is 0.282. The van der Waals surface area contributed by atoms with Gasteiger partial charge in [-0.1, -0.05) is 36.4 Å². The van der Waals surface area contributed by atoms with Gasteiger partial charge >= 0.3 is 0 Å². The van der Waals surface area contributed by atoms with Crippen LogP contribution in [0.5, 0.6) is 0 Å². The molecule has 0 saturated heterocycles. The van der Waals surface area contributed by atoms with Crippen LogP contribution < -0.4 is 4.72 Å². The number of sulfonamides is 1. The van der Waals surface area contributed by atoms with Crippen molar-refractivity contribution in [1.82, 2.24) is 10.2 Å². The summed E-state index contributed by atoms with van der Waals surface area (Å²) in [5.74, 6) is -4.37. The summed E-state index contributed by atoms with van der Waals surface area (Å²) in [6.07, 6.45) is 0. The summed E-state index contributed by atoms with van der Waals surface area (Å²) in [4.78, 5) is -1.00. The summed E-state index contributed by atoms with van der Waals surface area (Å²) in [5, 5.41) is 7.85. The molecule has 4 aromatic carbocycles. The molecule has 5 rings (SSSR count). The van der Waals surface area contributed by atoms with Gasteiger partial charge in [0.2, 0.25) is 0 Å². The molecule has 0 unspecified atom stereocenters. The van der Waals surface area contributed by atoms with E-state index in [2.05, 4.69) is 10.2 Å². The second-order valence-corrected chi connectivity index (χ2v) is 9.31. The fourth-order valence-corrected chi connectivity index (χ4v) is 4.92. The third-order valence-corrected chi connectivity index (χ3v) is 6.80. The molecule has 0 saturated carbocycles. The monoisotopic (exact) mass is 497 g/mol. The maximum Gasteiger partial charge on any atom is 0.265 e. The molecule has 1 aromatic heterocycles. The number of benzene rings is 4. The van der Waals surface area contributed by atoms with E-state index in [1.165, 1.54) is 12.1 Å². The predicted octanol–water partition coefficient (Wildman–Crippen LogP) is 6.25. The van der Waals surface area contributed by atoms with E-state index in [9.17, 15) is 21.6 Å². The predicted molar refractivity (Wildman–Crippen MR) is 124 cm³/mol. The number of anilines is 1. The molecule has 0 amide bonds. The van der Waals surface area contributed by atoms with Crippen LogP contribution in [0, 0.1) is 23.3 Å². The van der Waals surface area contributed by atoms with Gasteiger partial charge in [0.1, 0.15) is 22.3 Å². The molecule has 0 fully saturated rings. The topological polar surface area (TPSA) is 74.8 Å². The Morgan fingerprint density at radius 2 is 1.51 bits per heavy atom. The zero-order valence-electron chi connectivity index (χ0n) is 17.7. The largest absolute Gasteiger partial charge is 0.277 e. The average Bonchev–Trinajstić information content (AvgIpc) is 3.26. The Morgan fingerprint density at radius 3 is 2.29 bits per heavy atom. The first-order valence-electron chi connectivity index (χ1n) is 10.2. The maximum atomic E-state index is 15.4. The van der Waals surface area contributed by atoms with E-state index in [-0.39, 0.29) is 5.56 Å². The summed E-state index contributed by atoms with van der Waals surface area (Å²) < 4.78 is 84.6. The summed E-state index contributed by atoms with van der Waals surface area (Å²) >= 11 is 0. The Morgan fingerprint density at radius 1 is 0.771 bits per heavy atom. The Hall–Kier alpha value is -4.18. The number of halogens is 4. The Bertz CT molecular complexity index is 1690. The Balaban J connectivity index is 1.56. The van der Waals surface area contributed by atoms with Crippen LogP contribution in [0.4, 0.5) is 23.2 Å². The molecule has 10 heteroatoms. The van der Waals surface area contributed by atoms with Gasteiger partial charge in [-0.3, -0.25) is 9.82 Å². The van der Waals surface area contributed by atoms with Gasteiger partial charge in [-0.2, -0.15) is 5.10 Å². The molecule has 35 heavy (non-hydrogen) atoms. The highest BCUT2D eigenvalue weighted by molar-refractivity contribution is 7.92. The molecule has 0 radical (unpaired) electrons. The van der Waals surface area contributed by atoms with Gasteiger partial charge < -0.3 is 0 Å². The number of rotatable bonds is 5. The van der Waals surface area contributed by atoms with Crippen molar-refractivity contribution < 1.29 is 26.0 Å². The first kappa shape index (κ1) is 22.6. The molecule has 1 heterocycles. The molecule has 0 aliphatic heterocycles. The van der Waals surface area contributed by atoms with Crippen LogP contribution in [0.25, 0.3) is 33.3 Å². The minimum Gasteiger partial charge on any atom is -0.277 e. The number of H-pyrrole nitrogens is 1. The van der Waals surface area contributed by atoms with Crippen LogP contribution in [0.1, 0.15) is 0 Å². The van der Waals surface area contributed by atoms with Crippen molar-refractivity contribution in [3.05, 3.63) is 102 Å². The summed E-state index contributed by atoms with van der Waals surface area (Å²) in [6, 6.07) is 17.6. The zero-order valence-corrected chi connectivity index (χ0v) is 18.5. The summed E-state index contributed by atoms with van der Waals surface area (Å²) in [7, 11) is -4.71. The van der Waals surface area contributed by atoms with E-state index < -0.39 is 49.4 Å². The lowest BCUT2D eigenvalue weighted by atomic mass is 10.0. The van der Waals surface area contributed by atoms with E-state index in [1.807, 2.05) is 35.1 Å². The molecule has 0 atom stereocenters. The van der Waals surface area contributed by atoms with E-state index in [4.69, 9.17) is 0 Å². The molecular formula is C25H15F4N3O2S. The zero-order chi connectivity index (χ0) is 24.7. The van der Waals surface area contributed by atoms with Crippen molar-refractivity contribution in [1.29, 1.82) is 0 Å². The van der Waals surface area contributed by atoms with Crippen molar-refractivity contribution in [3.8, 4) is 22.4 Å². The fourth-order valence-electron chi connectivity index (χ4n) is 3.77. The Labute approximate surface area is 197 Å². The number of aromatic nitrogens is 2. The molecule has 2 N–H and O–H groups in total. The lowest BCUT2D eigenvalue weighted by Crippen LogP contribution is -2.16. The van der Waals surface area contributed by atoms with Gasteiger partial charge in [0, 0.05) is 10.9 Å². The summed E-state index contributed by atoms with van der Waals surface area (Å²) in [6.45, 7) is 0. The van der Waals surface area contributed by atoms with Crippen LogP contribution in [0.15, 0.2) is 83.8 Å². The molecule has 0 aliphatic carbocycles. The standard InChI is InChI=1S/C25H15F4N3O2S/c26-16-7-9-18(27)22(13-16)35(33,34)32-20-11-10-19(28)23(24(20)29)15-6-8-17-21(12-15)30-31-25(17)14-4-2-1-3-5-14/h1-13,32H,(H,30,31). The smallest absolute Gasteiger partial charge is 0.265 e. The Kier molecular flexibility index (Phi) is 5.52. The number of hydrogen-bond donors (Lipinski definition) is 2. The second kappa shape index (κ2) is 8.55. The molecular weight excluding hydrogens is 482 g/mol. The van der Waals surface area contributed by atoms with Crippen LogP contribution in [-0.4, -0.2) is 18.6 Å². The minimum atomic E-state index is -4.71. The van der Waals surface area contributed by atoms with Gasteiger partial charge in [0.05, 0.1) is 22.5 Å². The number of fused-ring (bicyclic) bond motifs is 1. The third-order valence-electron chi connectivity index (χ3n) is 5.42. The van der Waals surface area contributed by atoms with Crippen LogP contribution in [-0.2, 0) is 10.0 Å². The first-order valence-corrected chi connectivity index (χ1v) is 11.7. The highest BCUT2D eigenvalue weighted by Crippen LogP contribution is 2.35. The molecule has 0 bridgehead atoms. The van der Waals surface area contributed by atoms with Crippen LogP contribution in [0.3, 0.4) is 0 Å². The highest BCUT2D eigenvalue weighted by Gasteiger charge is 2.24. The SMILES string of the molecule is O=S(=O)(Nc1ccc(F)c(-c2ccc3c(-c4ccccc4)n[nH]c3c2)c1F)c1cc(F)ccc1F. The van der Waals surface area contributed by atoms with Crippen molar-refractivity contribution in [2.24, 2.45) is 0 Å². The van der Waals surface area contributed by atoms with Gasteiger partial charge in [-0.25, -0.2) is 26.0 Å². The van der Waals surface area contributed by atoms with Gasteiger partial charge in [0.25, 0.3) is 10.0 Å². The third kappa shape index (κ3) is 4.12. The lowest BCUT2D eigenvalue weighted by Gasteiger charge is -2.13. The van der Waals surface area contributed by atoms with Crippen LogP contribution >= 0.6 is 0 Å². The van der Waals surface area contributed by atoms with Crippen molar-refractivity contribution in [2.45, 2.75) is 4.90 Å². The van der Waals surface area contributed by atoms with Gasteiger partial charge in [0.15, 0.2) is 5.82 Å². The highest BCUT2D eigenvalue weighted by atomic mass is 32.2. The molecule has 0 aliphatic rings.